The molecule has 3 rings (SSSR count). The first-order valence-corrected chi connectivity index (χ1v) is 9.18. The average Bonchev–Trinajstić information content (AvgIpc) is 2.69. The van der Waals surface area contributed by atoms with E-state index in [1.165, 1.54) is 7.11 Å². The SMILES string of the molecule is COc1ncccc1C(=O)N1CCN(Cc2cccc(C)n2)[C@H](CCO)C1. The number of aryl methyl sites for hydroxylation is 1. The number of ether oxygens (including phenoxy) is 1. The molecule has 0 unspecified atom stereocenters. The molecule has 0 bridgehead atoms. The highest BCUT2D eigenvalue weighted by molar-refractivity contribution is 5.96. The minimum Gasteiger partial charge on any atom is -0.480 e. The van der Waals surface area contributed by atoms with Crippen LogP contribution in [-0.2, 0) is 6.54 Å². The van der Waals surface area contributed by atoms with E-state index in [0.29, 0.717) is 37.5 Å². The number of nitrogens with zero attached hydrogens (tertiary/aromatic N) is 4. The van der Waals surface area contributed by atoms with Crippen LogP contribution in [0.1, 0.15) is 28.2 Å². The number of methoxy groups -OCH3 is 1. The maximum absolute atomic E-state index is 13.0. The predicted octanol–water partition coefficient (Wildman–Crippen LogP) is 1.50. The van der Waals surface area contributed by atoms with Crippen molar-refractivity contribution in [2.45, 2.75) is 25.9 Å². The summed E-state index contributed by atoms with van der Waals surface area (Å²) in [6.45, 7) is 4.68. The van der Waals surface area contributed by atoms with Crippen molar-refractivity contribution in [1.29, 1.82) is 0 Å². The molecule has 1 fully saturated rings. The molecule has 0 aliphatic carbocycles. The van der Waals surface area contributed by atoms with E-state index in [4.69, 9.17) is 4.74 Å². The Kier molecular flexibility index (Phi) is 6.36. The predicted molar refractivity (Wildman–Crippen MR) is 102 cm³/mol. The fraction of sp³-hybridized carbons (Fsp3) is 0.450. The number of piperazine rings is 1. The summed E-state index contributed by atoms with van der Waals surface area (Å²) in [5, 5.41) is 9.49. The molecule has 1 N–H and O–H groups in total. The highest BCUT2D eigenvalue weighted by atomic mass is 16.5. The Morgan fingerprint density at radius 2 is 2.15 bits per heavy atom. The number of pyridine rings is 2. The summed E-state index contributed by atoms with van der Waals surface area (Å²) in [5.74, 6) is 0.254. The maximum atomic E-state index is 13.0. The van der Waals surface area contributed by atoms with E-state index < -0.39 is 0 Å². The largest absolute Gasteiger partial charge is 0.480 e. The Morgan fingerprint density at radius 3 is 2.89 bits per heavy atom. The number of aliphatic hydroxyl groups excluding tert-OH is 1. The Labute approximate surface area is 159 Å². The van der Waals surface area contributed by atoms with Crippen molar-refractivity contribution in [1.82, 2.24) is 19.8 Å². The van der Waals surface area contributed by atoms with Gasteiger partial charge in [-0.3, -0.25) is 14.7 Å². The van der Waals surface area contributed by atoms with Gasteiger partial charge in [0.2, 0.25) is 5.88 Å². The summed E-state index contributed by atoms with van der Waals surface area (Å²) in [6.07, 6.45) is 2.22. The van der Waals surface area contributed by atoms with Crippen LogP contribution in [0.3, 0.4) is 0 Å². The van der Waals surface area contributed by atoms with Gasteiger partial charge in [0.15, 0.2) is 0 Å². The molecule has 1 aliphatic heterocycles. The summed E-state index contributed by atoms with van der Waals surface area (Å²) < 4.78 is 5.23. The van der Waals surface area contributed by atoms with Gasteiger partial charge in [0.25, 0.3) is 5.91 Å². The average molecular weight is 370 g/mol. The number of hydrogen-bond acceptors (Lipinski definition) is 6. The number of carbonyl (C=O) groups excluding carboxylic acids is 1. The summed E-state index contributed by atoms with van der Waals surface area (Å²) in [5.41, 5.74) is 2.46. The van der Waals surface area contributed by atoms with Gasteiger partial charge in [-0.25, -0.2) is 4.98 Å². The molecule has 0 spiro atoms. The van der Waals surface area contributed by atoms with Crippen molar-refractivity contribution in [2.75, 3.05) is 33.4 Å². The van der Waals surface area contributed by atoms with Crippen LogP contribution in [0.25, 0.3) is 0 Å². The minimum absolute atomic E-state index is 0.0812. The highest BCUT2D eigenvalue weighted by Crippen LogP contribution is 2.21. The van der Waals surface area contributed by atoms with E-state index in [0.717, 1.165) is 17.9 Å². The monoisotopic (exact) mass is 370 g/mol. The quantitative estimate of drug-likeness (QED) is 0.830. The van der Waals surface area contributed by atoms with Gasteiger partial charge >= 0.3 is 0 Å². The molecule has 1 amide bonds. The fourth-order valence-corrected chi connectivity index (χ4v) is 3.49. The Hall–Kier alpha value is -2.51. The van der Waals surface area contributed by atoms with E-state index >= 15 is 0 Å². The molecule has 144 valence electrons. The summed E-state index contributed by atoms with van der Waals surface area (Å²) in [4.78, 5) is 25.8. The standard InChI is InChI=1S/C20H26N4O3/c1-15-5-3-6-16(22-15)13-23-10-11-24(14-17(23)8-12-25)20(26)18-7-4-9-21-19(18)27-2/h3-7,9,17,25H,8,10-14H2,1-2H3/t17-/m1/s1. The molecule has 7 nitrogen and oxygen atoms in total. The van der Waals surface area contributed by atoms with E-state index in [9.17, 15) is 9.90 Å². The molecular weight excluding hydrogens is 344 g/mol. The lowest BCUT2D eigenvalue weighted by Gasteiger charge is -2.41. The molecule has 2 aromatic rings. The van der Waals surface area contributed by atoms with Gasteiger partial charge in [0.1, 0.15) is 5.56 Å². The lowest BCUT2D eigenvalue weighted by atomic mass is 10.1. The molecule has 2 aromatic heterocycles. The third-order valence-electron chi connectivity index (χ3n) is 4.86. The van der Waals surface area contributed by atoms with Crippen molar-refractivity contribution in [3.63, 3.8) is 0 Å². The second-order valence-electron chi connectivity index (χ2n) is 6.72. The third-order valence-corrected chi connectivity index (χ3v) is 4.86. The number of hydrogen-bond donors (Lipinski definition) is 1. The molecule has 3 heterocycles. The third kappa shape index (κ3) is 4.61. The van der Waals surface area contributed by atoms with E-state index in [1.807, 2.05) is 30.0 Å². The Morgan fingerprint density at radius 1 is 1.30 bits per heavy atom. The van der Waals surface area contributed by atoms with Crippen LogP contribution in [-0.4, -0.2) is 70.2 Å². The number of aromatic nitrogens is 2. The van der Waals surface area contributed by atoms with Crippen LogP contribution in [0.15, 0.2) is 36.5 Å². The van der Waals surface area contributed by atoms with Gasteiger partial charge in [0, 0.05) is 50.7 Å². The topological polar surface area (TPSA) is 78.8 Å². The molecule has 1 atom stereocenters. The van der Waals surface area contributed by atoms with E-state index in [2.05, 4.69) is 14.9 Å². The zero-order chi connectivity index (χ0) is 19.2. The number of amides is 1. The smallest absolute Gasteiger partial charge is 0.259 e. The van der Waals surface area contributed by atoms with Gasteiger partial charge in [-0.15, -0.1) is 0 Å². The van der Waals surface area contributed by atoms with Crippen LogP contribution in [0.4, 0.5) is 0 Å². The zero-order valence-electron chi connectivity index (χ0n) is 15.8. The number of carbonyl (C=O) groups is 1. The van der Waals surface area contributed by atoms with Crippen LogP contribution in [0.5, 0.6) is 5.88 Å². The molecule has 1 saturated heterocycles. The molecule has 27 heavy (non-hydrogen) atoms. The van der Waals surface area contributed by atoms with Gasteiger partial charge in [-0.2, -0.15) is 0 Å². The van der Waals surface area contributed by atoms with Crippen LogP contribution in [0, 0.1) is 6.92 Å². The molecule has 0 saturated carbocycles. The van der Waals surface area contributed by atoms with Crippen LogP contribution >= 0.6 is 0 Å². The van der Waals surface area contributed by atoms with Crippen molar-refractivity contribution in [3.05, 3.63) is 53.5 Å². The van der Waals surface area contributed by atoms with Crippen molar-refractivity contribution in [2.24, 2.45) is 0 Å². The molecule has 1 aliphatic rings. The van der Waals surface area contributed by atoms with Gasteiger partial charge < -0.3 is 14.7 Å². The second kappa shape index (κ2) is 8.92. The zero-order valence-corrected chi connectivity index (χ0v) is 15.8. The summed E-state index contributed by atoms with van der Waals surface area (Å²) in [7, 11) is 1.51. The lowest BCUT2D eigenvalue weighted by Crippen LogP contribution is -2.54. The second-order valence-corrected chi connectivity index (χ2v) is 6.72. The van der Waals surface area contributed by atoms with Gasteiger partial charge in [-0.05, 0) is 37.6 Å². The molecule has 7 heteroatoms. The lowest BCUT2D eigenvalue weighted by molar-refractivity contribution is 0.0388. The van der Waals surface area contributed by atoms with Crippen LogP contribution in [0.2, 0.25) is 0 Å². The van der Waals surface area contributed by atoms with E-state index in [1.54, 1.807) is 18.3 Å². The molecule has 0 radical (unpaired) electrons. The van der Waals surface area contributed by atoms with Crippen LogP contribution < -0.4 is 4.74 Å². The van der Waals surface area contributed by atoms with Gasteiger partial charge in [-0.1, -0.05) is 6.07 Å². The minimum atomic E-state index is -0.0868. The first kappa shape index (κ1) is 19.3. The summed E-state index contributed by atoms with van der Waals surface area (Å²) >= 11 is 0. The number of aliphatic hydroxyl groups is 1. The normalized spacial score (nSPS) is 17.7. The maximum Gasteiger partial charge on any atom is 0.259 e. The molecular formula is C20H26N4O3. The van der Waals surface area contributed by atoms with Gasteiger partial charge in [0.05, 0.1) is 12.8 Å². The fourth-order valence-electron chi connectivity index (χ4n) is 3.49. The van der Waals surface area contributed by atoms with E-state index in [-0.39, 0.29) is 18.6 Å². The Bertz CT molecular complexity index is 783. The van der Waals surface area contributed by atoms with Crippen molar-refractivity contribution < 1.29 is 14.6 Å². The first-order chi connectivity index (χ1) is 13.1. The first-order valence-electron chi connectivity index (χ1n) is 9.18. The summed E-state index contributed by atoms with van der Waals surface area (Å²) in [6, 6.07) is 9.55. The molecule has 0 aromatic carbocycles. The Balaban J connectivity index is 1.72. The highest BCUT2D eigenvalue weighted by Gasteiger charge is 2.31. The number of rotatable bonds is 6. The van der Waals surface area contributed by atoms with Crippen molar-refractivity contribution in [3.8, 4) is 5.88 Å². The van der Waals surface area contributed by atoms with Crippen molar-refractivity contribution >= 4 is 5.91 Å².